The van der Waals surface area contributed by atoms with E-state index in [0.717, 1.165) is 5.56 Å². The summed E-state index contributed by atoms with van der Waals surface area (Å²) >= 11 is 0. The van der Waals surface area contributed by atoms with Gasteiger partial charge in [-0.15, -0.1) is 0 Å². The monoisotopic (exact) mass is 311 g/mol. The predicted octanol–water partition coefficient (Wildman–Crippen LogP) is 2.03. The van der Waals surface area contributed by atoms with Crippen LogP contribution in [0.1, 0.15) is 11.1 Å². The predicted molar refractivity (Wildman–Crippen MR) is 84.2 cm³/mol. The third-order valence-corrected chi connectivity index (χ3v) is 3.01. The Morgan fingerprint density at radius 2 is 2.13 bits per heavy atom. The Kier molecular flexibility index (Phi) is 6.09. The molecule has 0 unspecified atom stereocenters. The van der Waals surface area contributed by atoms with E-state index in [4.69, 9.17) is 14.7 Å². The third kappa shape index (κ3) is 5.09. The van der Waals surface area contributed by atoms with Gasteiger partial charge in [-0.25, -0.2) is 4.79 Å². The Morgan fingerprint density at radius 3 is 2.83 bits per heavy atom. The van der Waals surface area contributed by atoms with Crippen molar-refractivity contribution >= 4 is 12.0 Å². The van der Waals surface area contributed by atoms with Gasteiger partial charge in [0.05, 0.1) is 19.3 Å². The molecule has 6 nitrogen and oxygen atoms in total. The van der Waals surface area contributed by atoms with Gasteiger partial charge in [-0.3, -0.25) is 4.68 Å². The molecular formula is C17H17N3O3. The molecule has 1 heterocycles. The van der Waals surface area contributed by atoms with Crippen LogP contribution in [0.3, 0.4) is 0 Å². The van der Waals surface area contributed by atoms with Gasteiger partial charge >= 0.3 is 5.97 Å². The summed E-state index contributed by atoms with van der Waals surface area (Å²) in [6.45, 7) is 1.02. The van der Waals surface area contributed by atoms with Crippen molar-refractivity contribution in [2.45, 2.75) is 6.54 Å². The molecule has 0 radical (unpaired) electrons. The summed E-state index contributed by atoms with van der Waals surface area (Å²) in [5, 5.41) is 13.3. The number of ether oxygens (including phenoxy) is 2. The van der Waals surface area contributed by atoms with Crippen LogP contribution in [0.25, 0.3) is 6.08 Å². The minimum Gasteiger partial charge on any atom is -0.459 e. The number of aromatic nitrogens is 2. The molecule has 118 valence electrons. The first-order valence-electron chi connectivity index (χ1n) is 7.07. The van der Waals surface area contributed by atoms with Crippen molar-refractivity contribution in [3.05, 3.63) is 59.4 Å². The number of benzene rings is 1. The van der Waals surface area contributed by atoms with E-state index in [9.17, 15) is 4.79 Å². The zero-order chi connectivity index (χ0) is 16.5. The summed E-state index contributed by atoms with van der Waals surface area (Å²) < 4.78 is 11.5. The number of hydrogen-bond acceptors (Lipinski definition) is 5. The molecule has 0 atom stereocenters. The second-order valence-corrected chi connectivity index (χ2v) is 4.76. The van der Waals surface area contributed by atoms with Gasteiger partial charge in [0.25, 0.3) is 0 Å². The summed E-state index contributed by atoms with van der Waals surface area (Å²) in [7, 11) is 1.51. The number of carbonyl (C=O) groups is 1. The maximum Gasteiger partial charge on any atom is 0.348 e. The van der Waals surface area contributed by atoms with Crippen LogP contribution in [-0.4, -0.2) is 36.1 Å². The SMILES string of the molecule is COCCOC(=O)/C(C#N)=C/c1cnn(Cc2ccccc2)c1. The second-order valence-electron chi connectivity index (χ2n) is 4.76. The van der Waals surface area contributed by atoms with Gasteiger partial charge in [0.15, 0.2) is 0 Å². The maximum atomic E-state index is 11.8. The van der Waals surface area contributed by atoms with E-state index in [1.807, 2.05) is 36.4 Å². The number of rotatable bonds is 7. The molecule has 1 aromatic carbocycles. The van der Waals surface area contributed by atoms with E-state index in [2.05, 4.69) is 5.10 Å². The summed E-state index contributed by atoms with van der Waals surface area (Å²) in [5.74, 6) is -0.666. The molecule has 0 saturated carbocycles. The van der Waals surface area contributed by atoms with Crippen molar-refractivity contribution < 1.29 is 14.3 Å². The zero-order valence-electron chi connectivity index (χ0n) is 12.8. The van der Waals surface area contributed by atoms with Gasteiger partial charge in [0, 0.05) is 18.9 Å². The summed E-state index contributed by atoms with van der Waals surface area (Å²) in [6.07, 6.45) is 4.83. The van der Waals surface area contributed by atoms with E-state index >= 15 is 0 Å². The Balaban J connectivity index is 2.03. The molecule has 6 heteroatoms. The Bertz CT molecular complexity index is 714. The van der Waals surface area contributed by atoms with E-state index in [0.29, 0.717) is 18.7 Å². The molecule has 23 heavy (non-hydrogen) atoms. The third-order valence-electron chi connectivity index (χ3n) is 3.01. The molecule has 0 saturated heterocycles. The first-order chi connectivity index (χ1) is 11.2. The topological polar surface area (TPSA) is 77.1 Å². The molecule has 1 aromatic heterocycles. The molecule has 2 aromatic rings. The molecule has 2 rings (SSSR count). The normalized spacial score (nSPS) is 11.0. The van der Waals surface area contributed by atoms with Gasteiger partial charge < -0.3 is 9.47 Å². The van der Waals surface area contributed by atoms with Crippen molar-refractivity contribution in [1.82, 2.24) is 9.78 Å². The van der Waals surface area contributed by atoms with Gasteiger partial charge in [0.2, 0.25) is 0 Å². The van der Waals surface area contributed by atoms with Crippen molar-refractivity contribution in [3.63, 3.8) is 0 Å². The van der Waals surface area contributed by atoms with E-state index < -0.39 is 5.97 Å². The molecule has 0 N–H and O–H groups in total. The molecule has 0 amide bonds. The van der Waals surface area contributed by atoms with E-state index in [-0.39, 0.29) is 12.2 Å². The fraction of sp³-hybridized carbons (Fsp3) is 0.235. The molecule has 0 aliphatic rings. The first-order valence-corrected chi connectivity index (χ1v) is 7.07. The lowest BCUT2D eigenvalue weighted by Crippen LogP contribution is -2.11. The first kappa shape index (κ1) is 16.5. The van der Waals surface area contributed by atoms with Crippen LogP contribution < -0.4 is 0 Å². The largest absolute Gasteiger partial charge is 0.459 e. The van der Waals surface area contributed by atoms with Crippen molar-refractivity contribution in [3.8, 4) is 6.07 Å². The fourth-order valence-electron chi connectivity index (χ4n) is 1.91. The van der Waals surface area contributed by atoms with Crippen LogP contribution in [0.15, 0.2) is 48.3 Å². The molecule has 0 aliphatic heterocycles. The minimum atomic E-state index is -0.666. The molecular weight excluding hydrogens is 294 g/mol. The van der Waals surface area contributed by atoms with E-state index in [1.54, 1.807) is 17.1 Å². The summed E-state index contributed by atoms with van der Waals surface area (Å²) in [5.41, 5.74) is 1.71. The zero-order valence-corrected chi connectivity index (χ0v) is 12.8. The highest BCUT2D eigenvalue weighted by atomic mass is 16.6. The van der Waals surface area contributed by atoms with Gasteiger partial charge in [0.1, 0.15) is 18.2 Å². The number of nitrogens with zero attached hydrogens (tertiary/aromatic N) is 3. The van der Waals surface area contributed by atoms with Gasteiger partial charge in [-0.05, 0) is 11.6 Å². The lowest BCUT2D eigenvalue weighted by Gasteiger charge is -2.02. The lowest BCUT2D eigenvalue weighted by molar-refractivity contribution is -0.139. The van der Waals surface area contributed by atoms with Gasteiger partial charge in [-0.1, -0.05) is 30.3 Å². The Morgan fingerprint density at radius 1 is 1.35 bits per heavy atom. The van der Waals surface area contributed by atoms with Crippen molar-refractivity contribution in [2.24, 2.45) is 0 Å². The van der Waals surface area contributed by atoms with Gasteiger partial charge in [-0.2, -0.15) is 10.4 Å². The lowest BCUT2D eigenvalue weighted by atomic mass is 10.2. The Labute approximate surface area is 134 Å². The number of hydrogen-bond donors (Lipinski definition) is 0. The smallest absolute Gasteiger partial charge is 0.348 e. The Hall–Kier alpha value is -2.91. The number of carbonyl (C=O) groups excluding carboxylic acids is 1. The highest BCUT2D eigenvalue weighted by Gasteiger charge is 2.11. The summed E-state index contributed by atoms with van der Waals surface area (Å²) in [4.78, 5) is 11.8. The number of nitriles is 1. The fourth-order valence-corrected chi connectivity index (χ4v) is 1.91. The van der Waals surface area contributed by atoms with Crippen LogP contribution in [0.4, 0.5) is 0 Å². The average Bonchev–Trinajstić information content (AvgIpc) is 3.00. The average molecular weight is 311 g/mol. The van der Waals surface area contributed by atoms with Crippen LogP contribution in [-0.2, 0) is 20.8 Å². The molecule has 0 bridgehead atoms. The number of methoxy groups -OCH3 is 1. The maximum absolute atomic E-state index is 11.8. The van der Waals surface area contributed by atoms with Crippen LogP contribution in [0, 0.1) is 11.3 Å². The highest BCUT2D eigenvalue weighted by molar-refractivity contribution is 5.97. The minimum absolute atomic E-state index is 0.0691. The molecule has 0 fully saturated rings. The summed E-state index contributed by atoms with van der Waals surface area (Å²) in [6, 6.07) is 11.7. The highest BCUT2D eigenvalue weighted by Crippen LogP contribution is 2.09. The standard InChI is InChI=1S/C17H17N3O3/c1-22-7-8-23-17(21)16(10-18)9-15-11-19-20(13-15)12-14-5-3-2-4-6-14/h2-6,9,11,13H,7-8,12H2,1H3/b16-9+. The quantitative estimate of drug-likeness (QED) is 0.338. The van der Waals surface area contributed by atoms with Crippen LogP contribution >= 0.6 is 0 Å². The van der Waals surface area contributed by atoms with E-state index in [1.165, 1.54) is 13.2 Å². The molecule has 0 aliphatic carbocycles. The van der Waals surface area contributed by atoms with Crippen molar-refractivity contribution in [1.29, 1.82) is 5.26 Å². The van der Waals surface area contributed by atoms with Crippen LogP contribution in [0.2, 0.25) is 0 Å². The number of esters is 1. The molecule has 0 spiro atoms. The second kappa shape index (κ2) is 8.51. The van der Waals surface area contributed by atoms with Crippen molar-refractivity contribution in [2.75, 3.05) is 20.3 Å². The van der Waals surface area contributed by atoms with Crippen LogP contribution in [0.5, 0.6) is 0 Å².